The largest absolute Gasteiger partial charge is 0.493 e. The van der Waals surface area contributed by atoms with Gasteiger partial charge in [-0.15, -0.1) is 0 Å². The van der Waals surface area contributed by atoms with Gasteiger partial charge in [-0.05, 0) is 50.6 Å². The maximum Gasteiger partial charge on any atom is 0.191 e. The SMILES string of the molecule is CN=C(NCCc1ccc(OC)c(OC)c1)NCC(CC(C)C)N(C)C. The van der Waals surface area contributed by atoms with Crippen LogP contribution in [-0.2, 0) is 6.42 Å². The average Bonchev–Trinajstić information content (AvgIpc) is 2.62. The molecule has 0 radical (unpaired) electrons. The molecule has 1 aromatic rings. The van der Waals surface area contributed by atoms with Crippen molar-refractivity contribution >= 4 is 5.96 Å². The second-order valence-corrected chi connectivity index (χ2v) is 7.07. The summed E-state index contributed by atoms with van der Waals surface area (Å²) in [7, 11) is 9.36. The van der Waals surface area contributed by atoms with Crippen molar-refractivity contribution in [3.8, 4) is 11.5 Å². The zero-order valence-electron chi connectivity index (χ0n) is 17.4. The van der Waals surface area contributed by atoms with Gasteiger partial charge in [0.25, 0.3) is 0 Å². The molecule has 6 heteroatoms. The molecule has 1 rings (SSSR count). The monoisotopic (exact) mass is 364 g/mol. The van der Waals surface area contributed by atoms with Gasteiger partial charge in [0.1, 0.15) is 0 Å². The number of aliphatic imine (C=N–C) groups is 1. The highest BCUT2D eigenvalue weighted by molar-refractivity contribution is 5.79. The van der Waals surface area contributed by atoms with Crippen molar-refractivity contribution in [2.45, 2.75) is 32.7 Å². The van der Waals surface area contributed by atoms with Gasteiger partial charge in [-0.2, -0.15) is 0 Å². The van der Waals surface area contributed by atoms with E-state index in [1.165, 1.54) is 5.56 Å². The zero-order valence-corrected chi connectivity index (χ0v) is 17.4. The molecule has 2 N–H and O–H groups in total. The number of nitrogens with one attached hydrogen (secondary N) is 2. The van der Waals surface area contributed by atoms with Crippen molar-refractivity contribution in [1.82, 2.24) is 15.5 Å². The third kappa shape index (κ3) is 7.52. The lowest BCUT2D eigenvalue weighted by molar-refractivity contribution is 0.254. The number of hydrogen-bond donors (Lipinski definition) is 2. The minimum absolute atomic E-state index is 0.486. The predicted octanol–water partition coefficient (Wildman–Crippen LogP) is 2.39. The van der Waals surface area contributed by atoms with E-state index in [0.717, 1.165) is 43.4 Å². The second-order valence-electron chi connectivity index (χ2n) is 7.07. The molecule has 0 aliphatic carbocycles. The van der Waals surface area contributed by atoms with Crippen LogP contribution < -0.4 is 20.1 Å². The minimum Gasteiger partial charge on any atom is -0.493 e. The summed E-state index contributed by atoms with van der Waals surface area (Å²) in [5.74, 6) is 3.02. The smallest absolute Gasteiger partial charge is 0.191 e. The Hall–Kier alpha value is -1.95. The van der Waals surface area contributed by atoms with E-state index in [0.29, 0.717) is 12.0 Å². The molecule has 0 spiro atoms. The van der Waals surface area contributed by atoms with E-state index in [4.69, 9.17) is 9.47 Å². The van der Waals surface area contributed by atoms with Crippen LogP contribution in [0.2, 0.25) is 0 Å². The number of hydrogen-bond acceptors (Lipinski definition) is 4. The van der Waals surface area contributed by atoms with Crippen molar-refractivity contribution < 1.29 is 9.47 Å². The summed E-state index contributed by atoms with van der Waals surface area (Å²) in [5, 5.41) is 6.82. The number of guanidine groups is 1. The third-order valence-corrected chi connectivity index (χ3v) is 4.36. The molecule has 0 saturated carbocycles. The molecule has 0 bridgehead atoms. The molecule has 0 aliphatic heterocycles. The number of nitrogens with zero attached hydrogens (tertiary/aromatic N) is 2. The molecule has 0 saturated heterocycles. The van der Waals surface area contributed by atoms with Crippen LogP contribution in [0, 0.1) is 5.92 Å². The second kappa shape index (κ2) is 11.6. The van der Waals surface area contributed by atoms with E-state index in [-0.39, 0.29) is 0 Å². The molecule has 0 aromatic heterocycles. The first-order valence-corrected chi connectivity index (χ1v) is 9.23. The van der Waals surface area contributed by atoms with Crippen LogP contribution in [0.1, 0.15) is 25.8 Å². The summed E-state index contributed by atoms with van der Waals surface area (Å²) in [4.78, 5) is 6.59. The van der Waals surface area contributed by atoms with Gasteiger partial charge < -0.3 is 25.0 Å². The number of likely N-dealkylation sites (N-methyl/N-ethyl adjacent to an activating group) is 1. The summed E-state index contributed by atoms with van der Waals surface area (Å²) < 4.78 is 10.6. The number of benzene rings is 1. The molecule has 1 unspecified atom stereocenters. The topological polar surface area (TPSA) is 58.1 Å². The Morgan fingerprint density at radius 1 is 1.12 bits per heavy atom. The molecular weight excluding hydrogens is 328 g/mol. The summed E-state index contributed by atoms with van der Waals surface area (Å²) in [6.45, 7) is 6.19. The zero-order chi connectivity index (χ0) is 19.5. The first kappa shape index (κ1) is 22.1. The van der Waals surface area contributed by atoms with Gasteiger partial charge in [-0.25, -0.2) is 0 Å². The molecule has 26 heavy (non-hydrogen) atoms. The molecule has 0 fully saturated rings. The van der Waals surface area contributed by atoms with E-state index < -0.39 is 0 Å². The van der Waals surface area contributed by atoms with Crippen LogP contribution >= 0.6 is 0 Å². The lowest BCUT2D eigenvalue weighted by atomic mass is 10.0. The molecule has 0 aliphatic rings. The fourth-order valence-electron chi connectivity index (χ4n) is 2.82. The van der Waals surface area contributed by atoms with Crippen LogP contribution in [-0.4, -0.2) is 65.4 Å². The van der Waals surface area contributed by atoms with Crippen LogP contribution in [0.25, 0.3) is 0 Å². The van der Waals surface area contributed by atoms with E-state index in [9.17, 15) is 0 Å². The third-order valence-electron chi connectivity index (χ3n) is 4.36. The molecular formula is C20H36N4O2. The fourth-order valence-corrected chi connectivity index (χ4v) is 2.82. The summed E-state index contributed by atoms with van der Waals surface area (Å²) in [6, 6.07) is 6.50. The van der Waals surface area contributed by atoms with Crippen molar-refractivity contribution in [1.29, 1.82) is 0 Å². The van der Waals surface area contributed by atoms with Crippen molar-refractivity contribution in [3.63, 3.8) is 0 Å². The van der Waals surface area contributed by atoms with Gasteiger partial charge in [-0.3, -0.25) is 4.99 Å². The lowest BCUT2D eigenvalue weighted by Crippen LogP contribution is -2.45. The number of ether oxygens (including phenoxy) is 2. The molecule has 1 aromatic carbocycles. The summed E-state index contributed by atoms with van der Waals surface area (Å²) >= 11 is 0. The van der Waals surface area contributed by atoms with E-state index in [1.807, 2.05) is 12.1 Å². The van der Waals surface area contributed by atoms with Crippen LogP contribution in [0.5, 0.6) is 11.5 Å². The fraction of sp³-hybridized carbons (Fsp3) is 0.650. The molecule has 0 heterocycles. The first-order valence-electron chi connectivity index (χ1n) is 9.23. The number of rotatable bonds is 10. The van der Waals surface area contributed by atoms with Crippen molar-refractivity contribution in [2.75, 3.05) is 48.5 Å². The predicted molar refractivity (Wildman–Crippen MR) is 110 cm³/mol. The van der Waals surface area contributed by atoms with Crippen LogP contribution in [0.15, 0.2) is 23.2 Å². The van der Waals surface area contributed by atoms with E-state index in [1.54, 1.807) is 21.3 Å². The first-order chi connectivity index (χ1) is 12.4. The summed E-state index contributed by atoms with van der Waals surface area (Å²) in [5.41, 5.74) is 1.19. The molecule has 1 atom stereocenters. The highest BCUT2D eigenvalue weighted by atomic mass is 16.5. The standard InChI is InChI=1S/C20H36N4O2/c1-15(2)12-17(24(4)5)14-23-20(21-3)22-11-10-16-8-9-18(25-6)19(13-16)26-7/h8-9,13,15,17H,10-12,14H2,1-7H3,(H2,21,22,23). The quantitative estimate of drug-likeness (QED) is 0.493. The highest BCUT2D eigenvalue weighted by Crippen LogP contribution is 2.27. The molecule has 0 amide bonds. The highest BCUT2D eigenvalue weighted by Gasteiger charge is 2.13. The van der Waals surface area contributed by atoms with Gasteiger partial charge in [0.15, 0.2) is 17.5 Å². The van der Waals surface area contributed by atoms with Gasteiger partial charge in [0.05, 0.1) is 14.2 Å². The maximum absolute atomic E-state index is 5.36. The van der Waals surface area contributed by atoms with Crippen molar-refractivity contribution in [2.24, 2.45) is 10.9 Å². The average molecular weight is 365 g/mol. The molecule has 148 valence electrons. The van der Waals surface area contributed by atoms with Gasteiger partial charge in [0, 0.05) is 26.2 Å². The van der Waals surface area contributed by atoms with Crippen molar-refractivity contribution in [3.05, 3.63) is 23.8 Å². The Kier molecular flexibility index (Phi) is 9.88. The number of methoxy groups -OCH3 is 2. The normalized spacial score (nSPS) is 13.0. The van der Waals surface area contributed by atoms with E-state index in [2.05, 4.69) is 54.5 Å². The Bertz CT molecular complexity index is 559. The summed E-state index contributed by atoms with van der Waals surface area (Å²) in [6.07, 6.45) is 2.03. The maximum atomic E-state index is 5.36. The Labute approximate surface area is 159 Å². The van der Waals surface area contributed by atoms with Gasteiger partial charge >= 0.3 is 0 Å². The lowest BCUT2D eigenvalue weighted by Gasteiger charge is -2.27. The minimum atomic E-state index is 0.486. The van der Waals surface area contributed by atoms with E-state index >= 15 is 0 Å². The Morgan fingerprint density at radius 2 is 1.81 bits per heavy atom. The van der Waals surface area contributed by atoms with Crippen LogP contribution in [0.4, 0.5) is 0 Å². The van der Waals surface area contributed by atoms with Gasteiger partial charge in [0.2, 0.25) is 0 Å². The Morgan fingerprint density at radius 3 is 2.35 bits per heavy atom. The Balaban J connectivity index is 2.49. The van der Waals surface area contributed by atoms with Crippen LogP contribution in [0.3, 0.4) is 0 Å². The van der Waals surface area contributed by atoms with Gasteiger partial charge in [-0.1, -0.05) is 19.9 Å². The molecule has 6 nitrogen and oxygen atoms in total.